The van der Waals surface area contributed by atoms with Crippen molar-refractivity contribution < 1.29 is 4.74 Å². The van der Waals surface area contributed by atoms with E-state index in [4.69, 9.17) is 4.74 Å². The van der Waals surface area contributed by atoms with Crippen LogP contribution in [0.3, 0.4) is 0 Å². The normalized spacial score (nSPS) is 17.4. The van der Waals surface area contributed by atoms with Crippen LogP contribution in [0, 0.1) is 11.3 Å². The molecule has 2 atom stereocenters. The van der Waals surface area contributed by atoms with E-state index in [0.717, 1.165) is 17.9 Å². The van der Waals surface area contributed by atoms with Gasteiger partial charge in [0.15, 0.2) is 0 Å². The monoisotopic (exact) mass is 278 g/mol. The van der Waals surface area contributed by atoms with E-state index in [1.54, 1.807) is 7.11 Å². The van der Waals surface area contributed by atoms with Gasteiger partial charge in [-0.05, 0) is 30.6 Å². The van der Waals surface area contributed by atoms with Crippen LogP contribution in [0.5, 0.6) is 0 Å². The molecule has 0 radical (unpaired) electrons. The minimum absolute atomic E-state index is 0.481. The van der Waals surface area contributed by atoms with E-state index in [2.05, 4.69) is 36.7 Å². The quantitative estimate of drug-likeness (QED) is 0.559. The zero-order valence-electron chi connectivity index (χ0n) is 10.8. The fraction of sp³-hybridized carbons (Fsp3) is 1.00. The maximum Gasteiger partial charge on any atom is 0.0465 e. The molecular formula is C13H27BrO. The summed E-state index contributed by atoms with van der Waals surface area (Å²) in [6.45, 7) is 7.86. The molecule has 0 saturated heterocycles. The van der Waals surface area contributed by atoms with Crippen molar-refractivity contribution in [2.24, 2.45) is 11.3 Å². The van der Waals surface area contributed by atoms with E-state index >= 15 is 0 Å². The third-order valence-electron chi connectivity index (χ3n) is 3.80. The highest BCUT2D eigenvalue weighted by Gasteiger charge is 2.32. The molecule has 0 amide bonds. The molecule has 0 bridgehead atoms. The Labute approximate surface area is 104 Å². The summed E-state index contributed by atoms with van der Waals surface area (Å²) >= 11 is 3.72. The SMILES string of the molecule is CCCCC(CC)(CBr)C(C)CCOC. The molecule has 0 saturated carbocycles. The Morgan fingerprint density at radius 3 is 2.40 bits per heavy atom. The number of unbranched alkanes of at least 4 members (excludes halogenated alkanes) is 1. The summed E-state index contributed by atoms with van der Waals surface area (Å²) in [5.74, 6) is 0.744. The first kappa shape index (κ1) is 15.4. The Morgan fingerprint density at radius 1 is 1.33 bits per heavy atom. The van der Waals surface area contributed by atoms with Crippen molar-refractivity contribution in [3.63, 3.8) is 0 Å². The Bertz CT molecular complexity index is 143. The first-order chi connectivity index (χ1) is 7.16. The lowest BCUT2D eigenvalue weighted by atomic mass is 9.71. The Balaban J connectivity index is 4.30. The molecule has 0 aromatic rings. The smallest absolute Gasteiger partial charge is 0.0465 e. The van der Waals surface area contributed by atoms with Gasteiger partial charge in [0.1, 0.15) is 0 Å². The van der Waals surface area contributed by atoms with E-state index in [-0.39, 0.29) is 0 Å². The van der Waals surface area contributed by atoms with Crippen molar-refractivity contribution in [1.82, 2.24) is 0 Å². The van der Waals surface area contributed by atoms with Crippen LogP contribution >= 0.6 is 15.9 Å². The van der Waals surface area contributed by atoms with E-state index in [1.165, 1.54) is 32.1 Å². The predicted octanol–water partition coefficient (Wildman–Crippen LogP) is 4.64. The summed E-state index contributed by atoms with van der Waals surface area (Å²) in [5, 5.41) is 1.13. The molecule has 0 fully saturated rings. The molecule has 0 heterocycles. The summed E-state index contributed by atoms with van der Waals surface area (Å²) in [4.78, 5) is 0. The summed E-state index contributed by atoms with van der Waals surface area (Å²) in [7, 11) is 1.79. The number of rotatable bonds is 9. The highest BCUT2D eigenvalue weighted by molar-refractivity contribution is 9.09. The molecule has 92 valence electrons. The van der Waals surface area contributed by atoms with Crippen LogP contribution in [0.2, 0.25) is 0 Å². The van der Waals surface area contributed by atoms with Gasteiger partial charge in [-0.3, -0.25) is 0 Å². The predicted molar refractivity (Wildman–Crippen MR) is 71.7 cm³/mol. The first-order valence-electron chi connectivity index (χ1n) is 6.21. The molecule has 0 aliphatic rings. The largest absolute Gasteiger partial charge is 0.385 e. The molecule has 0 rings (SSSR count). The van der Waals surface area contributed by atoms with Gasteiger partial charge in [-0.1, -0.05) is 49.5 Å². The maximum atomic E-state index is 5.19. The summed E-state index contributed by atoms with van der Waals surface area (Å²) in [5.41, 5.74) is 0.481. The van der Waals surface area contributed by atoms with Gasteiger partial charge in [-0.2, -0.15) is 0 Å². The molecule has 15 heavy (non-hydrogen) atoms. The standard InChI is InChI=1S/C13H27BrO/c1-5-7-9-13(6-2,11-14)12(3)8-10-15-4/h12H,5-11H2,1-4H3. The van der Waals surface area contributed by atoms with Gasteiger partial charge in [-0.25, -0.2) is 0 Å². The minimum Gasteiger partial charge on any atom is -0.385 e. The summed E-state index contributed by atoms with van der Waals surface area (Å²) in [6.07, 6.45) is 6.43. The van der Waals surface area contributed by atoms with Crippen molar-refractivity contribution in [3.05, 3.63) is 0 Å². The second-order valence-electron chi connectivity index (χ2n) is 4.64. The second-order valence-corrected chi connectivity index (χ2v) is 5.20. The lowest BCUT2D eigenvalue weighted by Gasteiger charge is -2.37. The van der Waals surface area contributed by atoms with Gasteiger partial charge in [0.05, 0.1) is 0 Å². The molecule has 0 aliphatic heterocycles. The average molecular weight is 279 g/mol. The van der Waals surface area contributed by atoms with Gasteiger partial charge in [0.2, 0.25) is 0 Å². The first-order valence-corrected chi connectivity index (χ1v) is 7.33. The van der Waals surface area contributed by atoms with E-state index < -0.39 is 0 Å². The third kappa shape index (κ3) is 4.86. The molecule has 2 heteroatoms. The Hall–Kier alpha value is 0.440. The number of ether oxygens (including phenoxy) is 1. The highest BCUT2D eigenvalue weighted by Crippen LogP contribution is 2.40. The van der Waals surface area contributed by atoms with Gasteiger partial charge < -0.3 is 4.74 Å². The number of halogens is 1. The van der Waals surface area contributed by atoms with Crippen molar-refractivity contribution >= 4 is 15.9 Å². The van der Waals surface area contributed by atoms with Gasteiger partial charge in [-0.15, -0.1) is 0 Å². The molecule has 0 spiro atoms. The molecular weight excluding hydrogens is 252 g/mol. The van der Waals surface area contributed by atoms with Crippen molar-refractivity contribution in [3.8, 4) is 0 Å². The summed E-state index contributed by atoms with van der Waals surface area (Å²) < 4.78 is 5.19. The van der Waals surface area contributed by atoms with E-state index in [9.17, 15) is 0 Å². The van der Waals surface area contributed by atoms with Crippen molar-refractivity contribution in [2.45, 2.75) is 52.9 Å². The van der Waals surface area contributed by atoms with Crippen LogP contribution in [-0.4, -0.2) is 19.0 Å². The van der Waals surface area contributed by atoms with E-state index in [1.807, 2.05) is 0 Å². The zero-order chi connectivity index (χ0) is 11.7. The van der Waals surface area contributed by atoms with Gasteiger partial charge in [0, 0.05) is 19.0 Å². The van der Waals surface area contributed by atoms with Crippen LogP contribution in [0.1, 0.15) is 52.9 Å². The molecule has 0 aliphatic carbocycles. The number of methoxy groups -OCH3 is 1. The number of hydrogen-bond donors (Lipinski definition) is 0. The van der Waals surface area contributed by atoms with E-state index in [0.29, 0.717) is 5.41 Å². The van der Waals surface area contributed by atoms with Crippen molar-refractivity contribution in [2.75, 3.05) is 19.0 Å². The molecule has 0 N–H and O–H groups in total. The van der Waals surface area contributed by atoms with Crippen LogP contribution in [0.15, 0.2) is 0 Å². The van der Waals surface area contributed by atoms with Gasteiger partial charge >= 0.3 is 0 Å². The number of alkyl halides is 1. The molecule has 1 nitrogen and oxygen atoms in total. The Kier molecular flexibility index (Phi) is 8.83. The average Bonchev–Trinajstić information content (AvgIpc) is 2.28. The number of hydrogen-bond acceptors (Lipinski definition) is 1. The summed E-state index contributed by atoms with van der Waals surface area (Å²) in [6, 6.07) is 0. The molecule has 2 unspecified atom stereocenters. The lowest BCUT2D eigenvalue weighted by Crippen LogP contribution is -2.31. The third-order valence-corrected chi connectivity index (χ3v) is 4.92. The minimum atomic E-state index is 0.481. The van der Waals surface area contributed by atoms with Crippen LogP contribution in [-0.2, 0) is 4.74 Å². The Morgan fingerprint density at radius 2 is 2.00 bits per heavy atom. The van der Waals surface area contributed by atoms with Gasteiger partial charge in [0.25, 0.3) is 0 Å². The topological polar surface area (TPSA) is 9.23 Å². The maximum absolute atomic E-state index is 5.19. The fourth-order valence-corrected chi connectivity index (χ4v) is 3.42. The van der Waals surface area contributed by atoms with Crippen LogP contribution < -0.4 is 0 Å². The van der Waals surface area contributed by atoms with Crippen molar-refractivity contribution in [1.29, 1.82) is 0 Å². The molecule has 0 aromatic heterocycles. The fourth-order valence-electron chi connectivity index (χ4n) is 2.19. The second kappa shape index (κ2) is 8.58. The lowest BCUT2D eigenvalue weighted by molar-refractivity contribution is 0.117. The van der Waals surface area contributed by atoms with Crippen LogP contribution in [0.4, 0.5) is 0 Å². The van der Waals surface area contributed by atoms with Crippen LogP contribution in [0.25, 0.3) is 0 Å². The molecule has 0 aromatic carbocycles. The highest BCUT2D eigenvalue weighted by atomic mass is 79.9. The zero-order valence-corrected chi connectivity index (χ0v) is 12.4.